The first-order valence-corrected chi connectivity index (χ1v) is 7.06. The van der Waals surface area contributed by atoms with Gasteiger partial charge in [-0.05, 0) is 0 Å². The van der Waals surface area contributed by atoms with Gasteiger partial charge >= 0.3 is 11.9 Å². The lowest BCUT2D eigenvalue weighted by Gasteiger charge is -2.45. The van der Waals surface area contributed by atoms with Crippen molar-refractivity contribution < 1.29 is 49.4 Å². The van der Waals surface area contributed by atoms with Gasteiger partial charge < -0.3 is 40.3 Å². The number of carboxylic acids is 1. The zero-order valence-corrected chi connectivity index (χ0v) is 13.1. The van der Waals surface area contributed by atoms with E-state index in [4.69, 9.17) is 19.7 Å². The van der Waals surface area contributed by atoms with Gasteiger partial charge in [0.1, 0.15) is 24.4 Å². The standard InChI is InChI=1S/C13H21NO10/c1-5(16)14-9-8(23-6(2)17)3-13(22,12(20)21)24-11(9)10(19)7(18)4-15/h7-11,15,18-19,22H,3-4H2,1-2H3,(H,14,16)(H,20,21)/t7-,8+,9-,10-,11-,13+/m1/s1. The second-order valence-corrected chi connectivity index (χ2v) is 5.49. The number of aliphatic hydroxyl groups is 4. The van der Waals surface area contributed by atoms with Crippen molar-refractivity contribution in [1.29, 1.82) is 0 Å². The third-order valence-corrected chi connectivity index (χ3v) is 3.50. The molecule has 11 nitrogen and oxygen atoms in total. The Morgan fingerprint density at radius 2 is 1.92 bits per heavy atom. The minimum Gasteiger partial charge on any atom is -0.477 e. The normalized spacial score (nSPS) is 32.5. The molecule has 0 aromatic carbocycles. The van der Waals surface area contributed by atoms with Crippen molar-refractivity contribution in [2.24, 2.45) is 0 Å². The summed E-state index contributed by atoms with van der Waals surface area (Å²) in [4.78, 5) is 33.8. The molecule has 0 radical (unpaired) electrons. The summed E-state index contributed by atoms with van der Waals surface area (Å²) in [5, 5.41) is 50.1. The summed E-state index contributed by atoms with van der Waals surface area (Å²) in [5.41, 5.74) is 0. The minimum atomic E-state index is -2.82. The van der Waals surface area contributed by atoms with E-state index in [1.165, 1.54) is 0 Å². The highest BCUT2D eigenvalue weighted by molar-refractivity contribution is 5.76. The molecule has 0 aromatic rings. The SMILES string of the molecule is CC(=O)N[C@H]1[C@H]([C@H](O)[C@H](O)CO)O[C@](O)(C(=O)O)C[C@@H]1OC(C)=O. The van der Waals surface area contributed by atoms with Gasteiger partial charge in [-0.15, -0.1) is 0 Å². The van der Waals surface area contributed by atoms with Gasteiger partial charge in [0.2, 0.25) is 5.91 Å². The van der Waals surface area contributed by atoms with Crippen LogP contribution in [0.2, 0.25) is 0 Å². The number of hydrogen-bond donors (Lipinski definition) is 6. The highest BCUT2D eigenvalue weighted by Crippen LogP contribution is 2.32. The van der Waals surface area contributed by atoms with Crippen LogP contribution >= 0.6 is 0 Å². The zero-order chi connectivity index (χ0) is 18.7. The first-order chi connectivity index (χ1) is 11.0. The summed E-state index contributed by atoms with van der Waals surface area (Å²) in [6.45, 7) is 1.26. The topological polar surface area (TPSA) is 183 Å². The van der Waals surface area contributed by atoms with Crippen LogP contribution in [0, 0.1) is 0 Å². The second kappa shape index (κ2) is 7.85. The van der Waals surface area contributed by atoms with Crippen molar-refractivity contribution >= 4 is 17.8 Å². The Kier molecular flexibility index (Phi) is 6.63. The molecule has 6 N–H and O–H groups in total. The summed E-state index contributed by atoms with van der Waals surface area (Å²) in [7, 11) is 0. The fourth-order valence-electron chi connectivity index (χ4n) is 2.44. The van der Waals surface area contributed by atoms with Crippen LogP contribution in [-0.2, 0) is 23.9 Å². The number of esters is 1. The number of carbonyl (C=O) groups excluding carboxylic acids is 2. The maximum Gasteiger partial charge on any atom is 0.364 e. The quantitative estimate of drug-likeness (QED) is 0.265. The molecule has 1 saturated heterocycles. The van der Waals surface area contributed by atoms with E-state index in [0.717, 1.165) is 13.8 Å². The Morgan fingerprint density at radius 1 is 1.33 bits per heavy atom. The number of aliphatic hydroxyl groups excluding tert-OH is 3. The average Bonchev–Trinajstić information content (AvgIpc) is 2.47. The maximum absolute atomic E-state index is 11.4. The highest BCUT2D eigenvalue weighted by Gasteiger charge is 2.55. The van der Waals surface area contributed by atoms with Crippen LogP contribution < -0.4 is 5.32 Å². The third kappa shape index (κ3) is 4.61. The van der Waals surface area contributed by atoms with E-state index >= 15 is 0 Å². The van der Waals surface area contributed by atoms with Crippen LogP contribution in [0.1, 0.15) is 20.3 Å². The molecule has 138 valence electrons. The van der Waals surface area contributed by atoms with Gasteiger partial charge in [0.05, 0.1) is 19.1 Å². The molecule has 0 saturated carbocycles. The predicted octanol–water partition coefficient (Wildman–Crippen LogP) is -3.30. The Labute approximate surface area is 136 Å². The number of aliphatic carboxylic acids is 1. The number of ether oxygens (including phenoxy) is 2. The molecule has 1 heterocycles. The van der Waals surface area contributed by atoms with Crippen molar-refractivity contribution in [3.05, 3.63) is 0 Å². The van der Waals surface area contributed by atoms with Crippen molar-refractivity contribution in [1.82, 2.24) is 5.32 Å². The van der Waals surface area contributed by atoms with E-state index in [2.05, 4.69) is 5.32 Å². The Morgan fingerprint density at radius 3 is 2.33 bits per heavy atom. The van der Waals surface area contributed by atoms with Crippen molar-refractivity contribution in [2.45, 2.75) is 56.5 Å². The Bertz CT molecular complexity index is 497. The largest absolute Gasteiger partial charge is 0.477 e. The van der Waals surface area contributed by atoms with E-state index in [-0.39, 0.29) is 0 Å². The predicted molar refractivity (Wildman–Crippen MR) is 74.3 cm³/mol. The van der Waals surface area contributed by atoms with Gasteiger partial charge in [-0.25, -0.2) is 4.79 Å². The fraction of sp³-hybridized carbons (Fsp3) is 0.769. The summed E-state index contributed by atoms with van der Waals surface area (Å²) in [5.74, 6) is -6.06. The van der Waals surface area contributed by atoms with E-state index < -0.39 is 67.1 Å². The molecule has 1 fully saturated rings. The Balaban J connectivity index is 3.25. The lowest BCUT2D eigenvalue weighted by Crippen LogP contribution is -2.67. The summed E-state index contributed by atoms with van der Waals surface area (Å²) < 4.78 is 9.91. The molecular formula is C13H21NO10. The van der Waals surface area contributed by atoms with E-state index in [0.29, 0.717) is 0 Å². The molecule has 0 aromatic heterocycles. The van der Waals surface area contributed by atoms with Crippen molar-refractivity contribution in [3.63, 3.8) is 0 Å². The molecule has 0 aliphatic carbocycles. The molecular weight excluding hydrogens is 330 g/mol. The molecule has 0 bridgehead atoms. The lowest BCUT2D eigenvalue weighted by atomic mass is 9.88. The van der Waals surface area contributed by atoms with Crippen LogP contribution in [0.3, 0.4) is 0 Å². The molecule has 6 atom stereocenters. The maximum atomic E-state index is 11.4. The number of nitrogens with one attached hydrogen (secondary N) is 1. The van der Waals surface area contributed by atoms with E-state index in [1.54, 1.807) is 0 Å². The first-order valence-electron chi connectivity index (χ1n) is 7.06. The first kappa shape index (κ1) is 20.3. The molecule has 1 amide bonds. The number of rotatable bonds is 6. The summed E-state index contributed by atoms with van der Waals surface area (Å²) in [6.07, 6.45) is -7.37. The number of carboxylic acid groups (broad SMARTS) is 1. The van der Waals surface area contributed by atoms with Crippen LogP contribution in [0.5, 0.6) is 0 Å². The highest BCUT2D eigenvalue weighted by atomic mass is 16.7. The van der Waals surface area contributed by atoms with Gasteiger partial charge in [-0.1, -0.05) is 0 Å². The molecule has 11 heteroatoms. The van der Waals surface area contributed by atoms with Crippen LogP contribution in [0.4, 0.5) is 0 Å². The summed E-state index contributed by atoms with van der Waals surface area (Å²) >= 11 is 0. The average molecular weight is 351 g/mol. The van der Waals surface area contributed by atoms with Crippen molar-refractivity contribution in [3.8, 4) is 0 Å². The van der Waals surface area contributed by atoms with Crippen LogP contribution in [0.25, 0.3) is 0 Å². The monoisotopic (exact) mass is 351 g/mol. The fourth-order valence-corrected chi connectivity index (χ4v) is 2.44. The van der Waals surface area contributed by atoms with Gasteiger partial charge in [0.15, 0.2) is 0 Å². The van der Waals surface area contributed by atoms with Crippen molar-refractivity contribution in [2.75, 3.05) is 6.61 Å². The molecule has 0 spiro atoms. The van der Waals surface area contributed by atoms with E-state index in [1.807, 2.05) is 0 Å². The Hall–Kier alpha value is -1.79. The number of carbonyl (C=O) groups is 3. The second-order valence-electron chi connectivity index (χ2n) is 5.49. The summed E-state index contributed by atoms with van der Waals surface area (Å²) in [6, 6.07) is -1.26. The van der Waals surface area contributed by atoms with Crippen LogP contribution in [0.15, 0.2) is 0 Å². The van der Waals surface area contributed by atoms with Gasteiger partial charge in [0, 0.05) is 13.8 Å². The smallest absolute Gasteiger partial charge is 0.364 e. The number of amides is 1. The lowest BCUT2D eigenvalue weighted by molar-refractivity contribution is -0.296. The molecule has 0 unspecified atom stereocenters. The van der Waals surface area contributed by atoms with E-state index in [9.17, 15) is 29.7 Å². The van der Waals surface area contributed by atoms with Gasteiger partial charge in [0.25, 0.3) is 5.79 Å². The van der Waals surface area contributed by atoms with Gasteiger partial charge in [-0.3, -0.25) is 9.59 Å². The zero-order valence-electron chi connectivity index (χ0n) is 13.1. The minimum absolute atomic E-state index is 0.614. The molecule has 24 heavy (non-hydrogen) atoms. The third-order valence-electron chi connectivity index (χ3n) is 3.50. The molecule has 1 aliphatic rings. The number of hydrogen-bond acceptors (Lipinski definition) is 9. The van der Waals surface area contributed by atoms with Crippen LogP contribution in [-0.4, -0.2) is 86.2 Å². The molecule has 1 rings (SSSR count). The molecule has 1 aliphatic heterocycles. The van der Waals surface area contributed by atoms with Gasteiger partial charge in [-0.2, -0.15) is 0 Å².